The second kappa shape index (κ2) is 8.77. The van der Waals surface area contributed by atoms with Crippen LogP contribution in [0.25, 0.3) is 12.2 Å². The number of allylic oxidation sites excluding steroid dienone is 3. The fourth-order valence-electron chi connectivity index (χ4n) is 3.45. The summed E-state index contributed by atoms with van der Waals surface area (Å²) < 4.78 is 10.5. The Morgan fingerprint density at radius 1 is 0.889 bits per heavy atom. The van der Waals surface area contributed by atoms with Crippen molar-refractivity contribution < 1.29 is 9.47 Å². The lowest BCUT2D eigenvalue weighted by molar-refractivity contribution is 0.414. The van der Waals surface area contributed by atoms with Gasteiger partial charge in [0.15, 0.2) is 0 Å². The fraction of sp³-hybridized carbons (Fsp3) is 0.280. The maximum atomic E-state index is 5.24. The van der Waals surface area contributed by atoms with Crippen molar-refractivity contribution in [2.45, 2.75) is 19.3 Å². The lowest BCUT2D eigenvalue weighted by Gasteiger charge is -2.08. The van der Waals surface area contributed by atoms with E-state index in [0.29, 0.717) is 5.92 Å². The molecule has 0 spiro atoms. The largest absolute Gasteiger partial charge is 0.497 e. The van der Waals surface area contributed by atoms with Crippen molar-refractivity contribution in [3.8, 4) is 11.5 Å². The van der Waals surface area contributed by atoms with Crippen LogP contribution < -0.4 is 9.47 Å². The third-order valence-corrected chi connectivity index (χ3v) is 5.32. The molecule has 0 radical (unpaired) electrons. The van der Waals surface area contributed by atoms with Crippen LogP contribution in [-0.4, -0.2) is 14.2 Å². The van der Waals surface area contributed by atoms with Crippen LogP contribution in [0.5, 0.6) is 11.5 Å². The van der Waals surface area contributed by atoms with E-state index >= 15 is 0 Å². The molecule has 27 heavy (non-hydrogen) atoms. The van der Waals surface area contributed by atoms with E-state index in [1.807, 2.05) is 30.3 Å². The van der Waals surface area contributed by atoms with Gasteiger partial charge in [0, 0.05) is 5.41 Å². The van der Waals surface area contributed by atoms with Crippen LogP contribution >= 0.6 is 0 Å². The third-order valence-electron chi connectivity index (χ3n) is 5.32. The minimum atomic E-state index is 0.142. The molecule has 2 aromatic carbocycles. The van der Waals surface area contributed by atoms with Crippen molar-refractivity contribution >= 4 is 12.2 Å². The van der Waals surface area contributed by atoms with E-state index in [1.165, 1.54) is 24.0 Å². The first-order chi connectivity index (χ1) is 13.2. The van der Waals surface area contributed by atoms with Crippen LogP contribution in [0, 0.1) is 11.3 Å². The number of hydrogen-bond donors (Lipinski definition) is 0. The first-order valence-electron chi connectivity index (χ1n) is 9.46. The smallest absolute Gasteiger partial charge is 0.118 e. The summed E-state index contributed by atoms with van der Waals surface area (Å²) in [5.74, 6) is 2.45. The van der Waals surface area contributed by atoms with Gasteiger partial charge in [-0.3, -0.25) is 0 Å². The third kappa shape index (κ3) is 4.91. The quantitative estimate of drug-likeness (QED) is 0.482. The molecule has 140 valence electrons. The van der Waals surface area contributed by atoms with E-state index in [2.05, 4.69) is 55.1 Å². The zero-order valence-corrected chi connectivity index (χ0v) is 16.2. The van der Waals surface area contributed by atoms with E-state index in [0.717, 1.165) is 17.9 Å². The predicted molar refractivity (Wildman–Crippen MR) is 114 cm³/mol. The van der Waals surface area contributed by atoms with Crippen molar-refractivity contribution in [2.75, 3.05) is 14.2 Å². The molecule has 0 amide bonds. The monoisotopic (exact) mass is 360 g/mol. The van der Waals surface area contributed by atoms with Gasteiger partial charge in [-0.25, -0.2) is 0 Å². The number of ether oxygens (including phenoxy) is 2. The van der Waals surface area contributed by atoms with Crippen LogP contribution in [0.15, 0.2) is 73.3 Å². The summed E-state index contributed by atoms with van der Waals surface area (Å²) in [7, 11) is 3.39. The molecular weight excluding hydrogens is 332 g/mol. The van der Waals surface area contributed by atoms with E-state index in [1.54, 1.807) is 14.2 Å². The van der Waals surface area contributed by atoms with Crippen molar-refractivity contribution in [3.63, 3.8) is 0 Å². The molecule has 1 aliphatic carbocycles. The minimum absolute atomic E-state index is 0.142. The topological polar surface area (TPSA) is 18.5 Å². The molecule has 0 aromatic heterocycles. The van der Waals surface area contributed by atoms with Crippen LogP contribution in [0.1, 0.15) is 30.4 Å². The summed E-state index contributed by atoms with van der Waals surface area (Å²) in [4.78, 5) is 0. The zero-order chi connectivity index (χ0) is 19.1. The SMILES string of the molecule is C=CCC[C@H]1CC1(/C=C/c1ccc(OC)cc1)/C=C/c1ccc(OC)cc1. The van der Waals surface area contributed by atoms with Gasteiger partial charge in [0.2, 0.25) is 0 Å². The highest BCUT2D eigenvalue weighted by atomic mass is 16.5. The van der Waals surface area contributed by atoms with Crippen LogP contribution in [-0.2, 0) is 0 Å². The summed E-state index contributed by atoms with van der Waals surface area (Å²) in [5.41, 5.74) is 2.54. The summed E-state index contributed by atoms with van der Waals surface area (Å²) in [6, 6.07) is 16.4. The summed E-state index contributed by atoms with van der Waals surface area (Å²) >= 11 is 0. The molecule has 0 saturated heterocycles. The Bertz CT molecular complexity index is 740. The Morgan fingerprint density at radius 3 is 1.78 bits per heavy atom. The Labute approximate surface area is 162 Å². The molecular formula is C25H28O2. The summed E-state index contributed by atoms with van der Waals surface area (Å²) in [6.45, 7) is 3.87. The highest BCUT2D eigenvalue weighted by Crippen LogP contribution is 2.58. The first-order valence-corrected chi connectivity index (χ1v) is 9.46. The molecule has 1 saturated carbocycles. The van der Waals surface area contributed by atoms with Gasteiger partial charge in [0.05, 0.1) is 14.2 Å². The first kappa shape index (κ1) is 19.0. The molecule has 0 bridgehead atoms. The number of rotatable bonds is 9. The lowest BCUT2D eigenvalue weighted by Crippen LogP contribution is -1.96. The van der Waals surface area contributed by atoms with Crippen molar-refractivity contribution in [2.24, 2.45) is 11.3 Å². The summed E-state index contributed by atoms with van der Waals surface area (Å²) in [6.07, 6.45) is 14.6. The lowest BCUT2D eigenvalue weighted by atomic mass is 9.97. The molecule has 0 N–H and O–H groups in total. The summed E-state index contributed by atoms with van der Waals surface area (Å²) in [5, 5.41) is 0. The fourth-order valence-corrected chi connectivity index (χ4v) is 3.45. The number of methoxy groups -OCH3 is 2. The molecule has 0 unspecified atom stereocenters. The number of hydrogen-bond acceptors (Lipinski definition) is 2. The molecule has 2 heteroatoms. The number of benzene rings is 2. The second-order valence-corrected chi connectivity index (χ2v) is 7.09. The van der Waals surface area contributed by atoms with E-state index in [4.69, 9.17) is 9.47 Å². The standard InChI is InChI=1S/C25H28O2/c1-4-5-6-22-19-25(22,17-15-20-7-11-23(26-2)12-8-20)18-16-21-9-13-24(27-3)14-10-21/h4,7-18,22H,1,5-6,19H2,2-3H3/b17-15+,18-16+/t22-/m0/s1. The highest BCUT2D eigenvalue weighted by molar-refractivity contribution is 5.57. The van der Waals surface area contributed by atoms with E-state index in [-0.39, 0.29) is 5.41 Å². The zero-order valence-electron chi connectivity index (χ0n) is 16.2. The molecule has 1 fully saturated rings. The molecule has 0 aliphatic heterocycles. The van der Waals surface area contributed by atoms with E-state index < -0.39 is 0 Å². The average Bonchev–Trinajstić information content (AvgIpc) is 3.43. The maximum absolute atomic E-state index is 5.24. The van der Waals surface area contributed by atoms with Gasteiger partial charge in [0.25, 0.3) is 0 Å². The van der Waals surface area contributed by atoms with Gasteiger partial charge in [-0.05, 0) is 60.6 Å². The highest BCUT2D eigenvalue weighted by Gasteiger charge is 2.48. The maximum Gasteiger partial charge on any atom is 0.118 e. The van der Waals surface area contributed by atoms with Crippen molar-refractivity contribution in [1.29, 1.82) is 0 Å². The van der Waals surface area contributed by atoms with Gasteiger partial charge >= 0.3 is 0 Å². The second-order valence-electron chi connectivity index (χ2n) is 7.09. The molecule has 2 aromatic rings. The Hall–Kier alpha value is -2.74. The predicted octanol–water partition coefficient (Wildman–Crippen LogP) is 6.40. The average molecular weight is 360 g/mol. The van der Waals surface area contributed by atoms with Gasteiger partial charge < -0.3 is 9.47 Å². The van der Waals surface area contributed by atoms with Crippen molar-refractivity contribution in [1.82, 2.24) is 0 Å². The van der Waals surface area contributed by atoms with Gasteiger partial charge in [0.1, 0.15) is 11.5 Å². The molecule has 3 rings (SSSR count). The molecule has 2 nitrogen and oxygen atoms in total. The minimum Gasteiger partial charge on any atom is -0.497 e. The van der Waals surface area contributed by atoms with Crippen LogP contribution in [0.3, 0.4) is 0 Å². The Balaban J connectivity index is 1.75. The van der Waals surface area contributed by atoms with Crippen molar-refractivity contribution in [3.05, 3.63) is 84.5 Å². The normalized spacial score (nSPS) is 17.9. The van der Waals surface area contributed by atoms with Gasteiger partial charge in [-0.2, -0.15) is 0 Å². The molecule has 0 heterocycles. The van der Waals surface area contributed by atoms with Crippen LogP contribution in [0.4, 0.5) is 0 Å². The van der Waals surface area contributed by atoms with Gasteiger partial charge in [-0.15, -0.1) is 6.58 Å². The van der Waals surface area contributed by atoms with Gasteiger partial charge in [-0.1, -0.05) is 54.6 Å². The Morgan fingerprint density at radius 2 is 1.37 bits per heavy atom. The molecule has 1 atom stereocenters. The van der Waals surface area contributed by atoms with Crippen LogP contribution in [0.2, 0.25) is 0 Å². The molecule has 1 aliphatic rings. The van der Waals surface area contributed by atoms with E-state index in [9.17, 15) is 0 Å². The Kier molecular flexibility index (Phi) is 6.18.